The predicted octanol–water partition coefficient (Wildman–Crippen LogP) is 3.00. The summed E-state index contributed by atoms with van der Waals surface area (Å²) in [6.07, 6.45) is 0. The zero-order valence-corrected chi connectivity index (χ0v) is 12.5. The fourth-order valence-electron chi connectivity index (χ4n) is 1.82. The number of hydrogen-bond acceptors (Lipinski definition) is 4. The van der Waals surface area contributed by atoms with Gasteiger partial charge in [-0.2, -0.15) is 4.98 Å². The minimum atomic E-state index is -1.07. The Morgan fingerprint density at radius 3 is 2.68 bits per heavy atom. The molecule has 102 valence electrons. The van der Waals surface area contributed by atoms with Crippen molar-refractivity contribution in [1.82, 2.24) is 10.1 Å². The van der Waals surface area contributed by atoms with Gasteiger partial charge in [0.25, 0.3) is 0 Å². The average molecular weight is 278 g/mol. The Balaban J connectivity index is 2.14. The van der Waals surface area contributed by atoms with Crippen LogP contribution in [0.3, 0.4) is 0 Å². The van der Waals surface area contributed by atoms with Gasteiger partial charge in [0, 0.05) is 16.6 Å². The molecule has 0 N–H and O–H groups in total. The second-order valence-corrected chi connectivity index (χ2v) is 6.53. The standard InChI is InChI=1S/C14H18N2O2S/c1-9-5-6-10(2)13(7-9)8-19(17)11(3)14-15-12(4)16-18-14/h5-7,11H,8H2,1-4H3. The number of hydrogen-bond donors (Lipinski definition) is 0. The van der Waals surface area contributed by atoms with Crippen molar-refractivity contribution in [3.05, 3.63) is 46.6 Å². The first-order valence-electron chi connectivity index (χ1n) is 6.21. The van der Waals surface area contributed by atoms with Crippen LogP contribution in [-0.4, -0.2) is 14.3 Å². The van der Waals surface area contributed by atoms with E-state index in [4.69, 9.17) is 4.52 Å². The fourth-order valence-corrected chi connectivity index (χ4v) is 3.01. The lowest BCUT2D eigenvalue weighted by Gasteiger charge is -2.10. The van der Waals surface area contributed by atoms with Gasteiger partial charge in [-0.25, -0.2) is 0 Å². The fraction of sp³-hybridized carbons (Fsp3) is 0.429. The highest BCUT2D eigenvalue weighted by molar-refractivity contribution is 7.84. The van der Waals surface area contributed by atoms with Crippen molar-refractivity contribution in [2.45, 2.75) is 38.7 Å². The topological polar surface area (TPSA) is 56.0 Å². The third kappa shape index (κ3) is 3.29. The van der Waals surface area contributed by atoms with Gasteiger partial charge in [-0.3, -0.25) is 4.21 Å². The second-order valence-electron chi connectivity index (χ2n) is 4.78. The van der Waals surface area contributed by atoms with Crippen LogP contribution in [0.25, 0.3) is 0 Å². The molecule has 2 unspecified atom stereocenters. The van der Waals surface area contributed by atoms with E-state index in [1.165, 1.54) is 5.56 Å². The summed E-state index contributed by atoms with van der Waals surface area (Å²) in [5.74, 6) is 1.53. The molecule has 0 radical (unpaired) electrons. The average Bonchev–Trinajstić information content (AvgIpc) is 2.79. The van der Waals surface area contributed by atoms with E-state index in [0.29, 0.717) is 17.5 Å². The molecule has 0 amide bonds. The van der Waals surface area contributed by atoms with Gasteiger partial charge in [-0.15, -0.1) is 0 Å². The summed E-state index contributed by atoms with van der Waals surface area (Å²) in [4.78, 5) is 4.14. The van der Waals surface area contributed by atoms with Gasteiger partial charge in [0.1, 0.15) is 5.25 Å². The van der Waals surface area contributed by atoms with E-state index in [2.05, 4.69) is 28.3 Å². The Hall–Kier alpha value is -1.49. The molecule has 2 aromatic rings. The van der Waals surface area contributed by atoms with Gasteiger partial charge in [0.05, 0.1) is 0 Å². The molecular formula is C14H18N2O2S. The highest BCUT2D eigenvalue weighted by Gasteiger charge is 2.20. The Labute approximate surface area is 115 Å². The number of aryl methyl sites for hydroxylation is 3. The molecule has 0 saturated carbocycles. The zero-order chi connectivity index (χ0) is 14.0. The lowest BCUT2D eigenvalue weighted by atomic mass is 10.1. The van der Waals surface area contributed by atoms with Crippen LogP contribution in [0.5, 0.6) is 0 Å². The van der Waals surface area contributed by atoms with Crippen molar-refractivity contribution in [3.63, 3.8) is 0 Å². The van der Waals surface area contributed by atoms with Gasteiger partial charge in [0.2, 0.25) is 5.89 Å². The highest BCUT2D eigenvalue weighted by atomic mass is 32.2. The largest absolute Gasteiger partial charge is 0.338 e. The molecule has 0 saturated heterocycles. The van der Waals surface area contributed by atoms with Gasteiger partial charge in [0.15, 0.2) is 5.82 Å². The minimum absolute atomic E-state index is 0.249. The van der Waals surface area contributed by atoms with E-state index < -0.39 is 10.8 Å². The van der Waals surface area contributed by atoms with Crippen LogP contribution in [0, 0.1) is 20.8 Å². The molecule has 0 aliphatic rings. The van der Waals surface area contributed by atoms with E-state index in [1.54, 1.807) is 6.92 Å². The molecule has 2 rings (SSSR count). The molecule has 1 aromatic heterocycles. The van der Waals surface area contributed by atoms with Crippen LogP contribution in [0.1, 0.15) is 40.6 Å². The molecule has 4 nitrogen and oxygen atoms in total. The van der Waals surface area contributed by atoms with E-state index in [9.17, 15) is 4.21 Å². The number of nitrogens with zero attached hydrogens (tertiary/aromatic N) is 2. The van der Waals surface area contributed by atoms with E-state index in [1.807, 2.05) is 20.8 Å². The SMILES string of the molecule is Cc1ccc(C)c(CS(=O)C(C)c2nc(C)no2)c1. The molecular weight excluding hydrogens is 260 g/mol. The summed E-state index contributed by atoms with van der Waals surface area (Å²) in [5, 5.41) is 3.49. The first-order valence-corrected chi connectivity index (χ1v) is 7.59. The summed E-state index contributed by atoms with van der Waals surface area (Å²) in [7, 11) is -1.07. The Morgan fingerprint density at radius 2 is 2.05 bits per heavy atom. The van der Waals surface area contributed by atoms with Crippen LogP contribution in [0.15, 0.2) is 22.7 Å². The normalized spacial score (nSPS) is 14.3. The molecule has 1 heterocycles. The maximum atomic E-state index is 12.4. The van der Waals surface area contributed by atoms with Crippen LogP contribution in [-0.2, 0) is 16.6 Å². The Bertz CT molecular complexity index is 607. The van der Waals surface area contributed by atoms with E-state index >= 15 is 0 Å². The Morgan fingerprint density at radius 1 is 1.32 bits per heavy atom. The second kappa shape index (κ2) is 5.65. The predicted molar refractivity (Wildman–Crippen MR) is 75.2 cm³/mol. The monoisotopic (exact) mass is 278 g/mol. The van der Waals surface area contributed by atoms with Gasteiger partial charge in [-0.05, 0) is 38.8 Å². The summed E-state index contributed by atoms with van der Waals surface area (Å²) >= 11 is 0. The molecule has 19 heavy (non-hydrogen) atoms. The van der Waals surface area contributed by atoms with E-state index in [-0.39, 0.29) is 5.25 Å². The van der Waals surface area contributed by atoms with Gasteiger partial charge in [-0.1, -0.05) is 28.9 Å². The van der Waals surface area contributed by atoms with Crippen molar-refractivity contribution in [1.29, 1.82) is 0 Å². The van der Waals surface area contributed by atoms with Gasteiger partial charge < -0.3 is 4.52 Å². The van der Waals surface area contributed by atoms with Crippen molar-refractivity contribution < 1.29 is 8.73 Å². The van der Waals surface area contributed by atoms with Crippen molar-refractivity contribution in [2.24, 2.45) is 0 Å². The molecule has 0 aliphatic heterocycles. The molecule has 0 fully saturated rings. The minimum Gasteiger partial charge on any atom is -0.338 e. The number of aromatic nitrogens is 2. The molecule has 0 bridgehead atoms. The maximum absolute atomic E-state index is 12.4. The van der Waals surface area contributed by atoms with E-state index in [0.717, 1.165) is 11.1 Å². The molecule has 0 spiro atoms. The molecule has 1 aromatic carbocycles. The third-order valence-electron chi connectivity index (χ3n) is 3.09. The lowest BCUT2D eigenvalue weighted by molar-refractivity contribution is 0.375. The van der Waals surface area contributed by atoms with Gasteiger partial charge >= 0.3 is 0 Å². The van der Waals surface area contributed by atoms with Crippen molar-refractivity contribution in [3.8, 4) is 0 Å². The lowest BCUT2D eigenvalue weighted by Crippen LogP contribution is -2.07. The summed E-state index contributed by atoms with van der Waals surface area (Å²) in [5.41, 5.74) is 3.45. The summed E-state index contributed by atoms with van der Waals surface area (Å²) in [6.45, 7) is 7.69. The number of benzene rings is 1. The molecule has 0 aliphatic carbocycles. The van der Waals surface area contributed by atoms with Crippen LogP contribution >= 0.6 is 0 Å². The third-order valence-corrected chi connectivity index (χ3v) is 4.67. The molecule has 2 atom stereocenters. The van der Waals surface area contributed by atoms with Crippen molar-refractivity contribution in [2.75, 3.05) is 0 Å². The zero-order valence-electron chi connectivity index (χ0n) is 11.6. The quantitative estimate of drug-likeness (QED) is 0.862. The number of rotatable bonds is 4. The summed E-state index contributed by atoms with van der Waals surface area (Å²) < 4.78 is 17.5. The van der Waals surface area contributed by atoms with Crippen LogP contribution in [0.4, 0.5) is 0 Å². The first kappa shape index (κ1) is 13.9. The maximum Gasteiger partial charge on any atom is 0.242 e. The Kier molecular flexibility index (Phi) is 4.14. The molecule has 5 heteroatoms. The van der Waals surface area contributed by atoms with Crippen LogP contribution < -0.4 is 0 Å². The van der Waals surface area contributed by atoms with Crippen LogP contribution in [0.2, 0.25) is 0 Å². The van der Waals surface area contributed by atoms with Crippen molar-refractivity contribution >= 4 is 10.8 Å². The first-order chi connectivity index (χ1) is 8.97. The highest BCUT2D eigenvalue weighted by Crippen LogP contribution is 2.22. The summed E-state index contributed by atoms with van der Waals surface area (Å²) in [6, 6.07) is 6.20. The smallest absolute Gasteiger partial charge is 0.242 e.